The fourth-order valence-corrected chi connectivity index (χ4v) is 1.21. The summed E-state index contributed by atoms with van der Waals surface area (Å²) >= 11 is 0. The highest BCUT2D eigenvalue weighted by molar-refractivity contribution is 5.87. The first kappa shape index (κ1) is 13.0. The fourth-order valence-electron chi connectivity index (χ4n) is 1.21. The van der Waals surface area contributed by atoms with Crippen LogP contribution in [0.3, 0.4) is 0 Å². The summed E-state index contributed by atoms with van der Waals surface area (Å²) in [5, 5.41) is 8.69. The molecule has 1 amide bonds. The van der Waals surface area contributed by atoms with Gasteiger partial charge in [0.05, 0.1) is 5.56 Å². The monoisotopic (exact) mass is 238 g/mol. The zero-order valence-corrected chi connectivity index (χ0v) is 9.71. The van der Waals surface area contributed by atoms with Gasteiger partial charge < -0.3 is 14.6 Å². The third-order valence-corrected chi connectivity index (χ3v) is 2.45. The molecule has 1 N–H and O–H groups in total. The Labute approximate surface area is 98.1 Å². The molecule has 0 atom stereocenters. The molecule has 0 unspecified atom stereocenters. The van der Waals surface area contributed by atoms with Crippen molar-refractivity contribution in [1.82, 2.24) is 9.47 Å². The summed E-state index contributed by atoms with van der Waals surface area (Å²) in [4.78, 5) is 35.2. The van der Waals surface area contributed by atoms with Gasteiger partial charge in [-0.2, -0.15) is 0 Å². The topological polar surface area (TPSA) is 79.6 Å². The summed E-state index contributed by atoms with van der Waals surface area (Å²) < 4.78 is 1.18. The third kappa shape index (κ3) is 3.17. The summed E-state index contributed by atoms with van der Waals surface area (Å²) in [5.41, 5.74) is -0.578. The van der Waals surface area contributed by atoms with Crippen molar-refractivity contribution < 1.29 is 14.7 Å². The van der Waals surface area contributed by atoms with Crippen molar-refractivity contribution in [3.63, 3.8) is 0 Å². The van der Waals surface area contributed by atoms with Gasteiger partial charge in [0.2, 0.25) is 5.91 Å². The molecule has 17 heavy (non-hydrogen) atoms. The first-order chi connectivity index (χ1) is 7.95. The first-order valence-electron chi connectivity index (χ1n) is 5.13. The maximum absolute atomic E-state index is 11.6. The highest BCUT2D eigenvalue weighted by Gasteiger charge is 2.10. The van der Waals surface area contributed by atoms with E-state index in [0.29, 0.717) is 6.54 Å². The van der Waals surface area contributed by atoms with Crippen molar-refractivity contribution in [3.8, 4) is 0 Å². The van der Waals surface area contributed by atoms with Crippen LogP contribution >= 0.6 is 0 Å². The van der Waals surface area contributed by atoms with Crippen LogP contribution in [0, 0.1) is 0 Å². The van der Waals surface area contributed by atoms with E-state index in [4.69, 9.17) is 5.11 Å². The van der Waals surface area contributed by atoms with E-state index in [1.807, 2.05) is 6.92 Å². The van der Waals surface area contributed by atoms with Gasteiger partial charge in [-0.05, 0) is 13.0 Å². The molecule has 0 saturated carbocycles. The zero-order chi connectivity index (χ0) is 13.0. The maximum Gasteiger partial charge on any atom is 0.335 e. The lowest BCUT2D eigenvalue weighted by Gasteiger charge is -2.15. The summed E-state index contributed by atoms with van der Waals surface area (Å²) in [7, 11) is 1.64. The van der Waals surface area contributed by atoms with E-state index >= 15 is 0 Å². The van der Waals surface area contributed by atoms with Crippen molar-refractivity contribution in [3.05, 3.63) is 34.2 Å². The number of aromatic carboxylic acids is 1. The van der Waals surface area contributed by atoms with Gasteiger partial charge in [-0.25, -0.2) is 4.79 Å². The molecular weight excluding hydrogens is 224 g/mol. The van der Waals surface area contributed by atoms with Gasteiger partial charge in [0.25, 0.3) is 5.56 Å². The van der Waals surface area contributed by atoms with Crippen LogP contribution in [0.2, 0.25) is 0 Å². The van der Waals surface area contributed by atoms with Gasteiger partial charge >= 0.3 is 5.97 Å². The lowest BCUT2D eigenvalue weighted by atomic mass is 10.3. The Bertz CT molecular complexity index is 492. The molecule has 0 aromatic carbocycles. The number of nitrogens with zero attached hydrogens (tertiary/aromatic N) is 2. The smallest absolute Gasteiger partial charge is 0.335 e. The van der Waals surface area contributed by atoms with E-state index in [1.165, 1.54) is 21.7 Å². The Hall–Kier alpha value is -2.11. The lowest BCUT2D eigenvalue weighted by Crippen LogP contribution is -2.33. The van der Waals surface area contributed by atoms with Crippen LogP contribution in [-0.2, 0) is 11.3 Å². The van der Waals surface area contributed by atoms with Gasteiger partial charge in [0, 0.05) is 25.9 Å². The second-order valence-corrected chi connectivity index (χ2v) is 3.59. The molecule has 0 aliphatic heterocycles. The molecule has 1 aromatic heterocycles. The number of hydrogen-bond acceptors (Lipinski definition) is 3. The number of likely N-dealkylation sites (N-methyl/N-ethyl adjacent to an activating group) is 1. The minimum Gasteiger partial charge on any atom is -0.478 e. The van der Waals surface area contributed by atoms with Crippen LogP contribution in [-0.4, -0.2) is 40.0 Å². The average Bonchev–Trinajstić information content (AvgIpc) is 2.30. The summed E-state index contributed by atoms with van der Waals surface area (Å²) in [6.45, 7) is 2.30. The van der Waals surface area contributed by atoms with Gasteiger partial charge in [0.1, 0.15) is 6.54 Å². The number of carboxylic acids is 1. The number of amides is 1. The molecule has 0 fully saturated rings. The van der Waals surface area contributed by atoms with Gasteiger partial charge in [-0.15, -0.1) is 0 Å². The van der Waals surface area contributed by atoms with Crippen molar-refractivity contribution >= 4 is 11.9 Å². The minimum absolute atomic E-state index is 0.0803. The van der Waals surface area contributed by atoms with Gasteiger partial charge in [-0.1, -0.05) is 0 Å². The van der Waals surface area contributed by atoms with Crippen LogP contribution in [0.4, 0.5) is 0 Å². The Balaban J connectivity index is 2.91. The SMILES string of the molecule is CCN(C)C(=O)Cn1ccc(C(=O)O)cc1=O. The van der Waals surface area contributed by atoms with Gasteiger partial charge in [0.15, 0.2) is 0 Å². The van der Waals surface area contributed by atoms with Crippen LogP contribution < -0.4 is 5.56 Å². The second-order valence-electron chi connectivity index (χ2n) is 3.59. The van der Waals surface area contributed by atoms with Crippen LogP contribution in [0.15, 0.2) is 23.1 Å². The second kappa shape index (κ2) is 5.29. The highest BCUT2D eigenvalue weighted by Crippen LogP contribution is 1.95. The van der Waals surface area contributed by atoms with E-state index < -0.39 is 11.5 Å². The molecule has 1 aromatic rings. The molecule has 92 valence electrons. The number of aromatic nitrogens is 1. The van der Waals surface area contributed by atoms with E-state index in [0.717, 1.165) is 6.07 Å². The van der Waals surface area contributed by atoms with Crippen LogP contribution in [0.5, 0.6) is 0 Å². The fraction of sp³-hybridized carbons (Fsp3) is 0.364. The third-order valence-electron chi connectivity index (χ3n) is 2.45. The molecule has 0 bridgehead atoms. The van der Waals surface area contributed by atoms with E-state index in [-0.39, 0.29) is 18.0 Å². The summed E-state index contributed by atoms with van der Waals surface area (Å²) in [5.74, 6) is -1.36. The Kier molecular flexibility index (Phi) is 4.03. The number of pyridine rings is 1. The highest BCUT2D eigenvalue weighted by atomic mass is 16.4. The number of rotatable bonds is 4. The van der Waals surface area contributed by atoms with Crippen molar-refractivity contribution in [1.29, 1.82) is 0 Å². The number of hydrogen-bond donors (Lipinski definition) is 1. The molecule has 6 heteroatoms. The van der Waals surface area contributed by atoms with Crippen LogP contribution in [0.1, 0.15) is 17.3 Å². The minimum atomic E-state index is -1.16. The Morgan fingerprint density at radius 3 is 2.59 bits per heavy atom. The molecule has 0 radical (unpaired) electrons. The molecule has 6 nitrogen and oxygen atoms in total. The predicted molar refractivity (Wildman–Crippen MR) is 61.0 cm³/mol. The van der Waals surface area contributed by atoms with Crippen molar-refractivity contribution in [2.45, 2.75) is 13.5 Å². The average molecular weight is 238 g/mol. The molecule has 1 heterocycles. The largest absolute Gasteiger partial charge is 0.478 e. The Morgan fingerprint density at radius 1 is 1.47 bits per heavy atom. The number of carbonyl (C=O) groups is 2. The number of carbonyl (C=O) groups excluding carboxylic acids is 1. The standard InChI is InChI=1S/C11H14N2O4/c1-3-12(2)10(15)7-13-5-4-8(11(16)17)6-9(13)14/h4-6H,3,7H2,1-2H3,(H,16,17). The van der Waals surface area contributed by atoms with Gasteiger partial charge in [-0.3, -0.25) is 9.59 Å². The van der Waals surface area contributed by atoms with E-state index in [9.17, 15) is 14.4 Å². The van der Waals surface area contributed by atoms with Crippen molar-refractivity contribution in [2.75, 3.05) is 13.6 Å². The zero-order valence-electron chi connectivity index (χ0n) is 9.71. The first-order valence-corrected chi connectivity index (χ1v) is 5.13. The predicted octanol–water partition coefficient (Wildman–Crippen LogP) is 0.0248. The molecule has 1 rings (SSSR count). The summed E-state index contributed by atoms with van der Waals surface area (Å²) in [6, 6.07) is 2.30. The van der Waals surface area contributed by atoms with E-state index in [2.05, 4.69) is 0 Å². The molecule has 0 saturated heterocycles. The lowest BCUT2D eigenvalue weighted by molar-refractivity contribution is -0.130. The molecule has 0 aliphatic rings. The molecule has 0 spiro atoms. The van der Waals surface area contributed by atoms with Crippen LogP contribution in [0.25, 0.3) is 0 Å². The maximum atomic E-state index is 11.6. The van der Waals surface area contributed by atoms with E-state index in [1.54, 1.807) is 7.05 Å². The molecule has 0 aliphatic carbocycles. The quantitative estimate of drug-likeness (QED) is 0.802. The number of carboxylic acid groups (broad SMARTS) is 1. The van der Waals surface area contributed by atoms with Crippen molar-refractivity contribution in [2.24, 2.45) is 0 Å². The Morgan fingerprint density at radius 2 is 2.12 bits per heavy atom. The summed E-state index contributed by atoms with van der Waals surface area (Å²) in [6.07, 6.45) is 1.31. The normalized spacial score (nSPS) is 10.0. The molecular formula is C11H14N2O4.